The van der Waals surface area contributed by atoms with E-state index in [0.29, 0.717) is 12.7 Å². The lowest BCUT2D eigenvalue weighted by atomic mass is 10.0. The van der Waals surface area contributed by atoms with Gasteiger partial charge in [-0.15, -0.1) is 0 Å². The lowest BCUT2D eigenvalue weighted by Crippen LogP contribution is -2.53. The molecule has 7 heteroatoms. The minimum absolute atomic E-state index is 0.232. The van der Waals surface area contributed by atoms with Crippen molar-refractivity contribution in [1.82, 2.24) is 5.32 Å². The summed E-state index contributed by atoms with van der Waals surface area (Å²) in [6.07, 6.45) is -0.777. The maximum absolute atomic E-state index is 11.6. The average Bonchev–Trinajstić information content (AvgIpc) is 2.46. The fourth-order valence-electron chi connectivity index (χ4n) is 1.72. The molecule has 0 spiro atoms. The highest BCUT2D eigenvalue weighted by Crippen LogP contribution is 2.06. The monoisotopic (exact) mass is 291 g/mol. The molecule has 0 aliphatic heterocycles. The first-order valence-corrected chi connectivity index (χ1v) is 6.87. The maximum atomic E-state index is 11.6. The Bertz CT molecular complexity index is 286. The Kier molecular flexibility index (Phi) is 10.2. The number of carbonyl (C=O) groups is 2. The molecule has 0 bridgehead atoms. The molecule has 118 valence electrons. The highest BCUT2D eigenvalue weighted by molar-refractivity contribution is 5.79. The van der Waals surface area contributed by atoms with E-state index in [1.807, 2.05) is 6.92 Å². The van der Waals surface area contributed by atoms with Crippen molar-refractivity contribution >= 4 is 12.2 Å². The normalized spacial score (nSPS) is 17.1. The first-order valence-electron chi connectivity index (χ1n) is 6.87. The molecule has 0 aliphatic rings. The molecular weight excluding hydrogens is 266 g/mol. The number of carbonyl (C=O) groups excluding carboxylic acids is 2. The predicted octanol–water partition coefficient (Wildman–Crippen LogP) is -1.28. The van der Waals surface area contributed by atoms with E-state index in [1.165, 1.54) is 0 Å². The second kappa shape index (κ2) is 10.7. The van der Waals surface area contributed by atoms with Crippen LogP contribution in [0.15, 0.2) is 0 Å². The summed E-state index contributed by atoms with van der Waals surface area (Å²) in [6.45, 7) is 1.29. The standard InChI is InChI=1S/C13H25NO6/c1-2-3-4-5-6-11(18)14-9(7-15)12(19)13(20)10(17)8-16/h7,9-10,12-13,16-17,19-20H,2-6,8H2,1H3,(H,14,18)/t9-,10+,12+,13+/m0/s1. The number of nitrogens with one attached hydrogen (secondary N) is 1. The van der Waals surface area contributed by atoms with Gasteiger partial charge in [-0.3, -0.25) is 4.79 Å². The zero-order chi connectivity index (χ0) is 15.5. The molecule has 7 nitrogen and oxygen atoms in total. The van der Waals surface area contributed by atoms with Gasteiger partial charge in [-0.05, 0) is 6.42 Å². The van der Waals surface area contributed by atoms with E-state index in [2.05, 4.69) is 5.32 Å². The lowest BCUT2D eigenvalue weighted by Gasteiger charge is -2.26. The molecule has 4 atom stereocenters. The van der Waals surface area contributed by atoms with Gasteiger partial charge < -0.3 is 30.5 Å². The van der Waals surface area contributed by atoms with E-state index >= 15 is 0 Å². The van der Waals surface area contributed by atoms with E-state index in [4.69, 9.17) is 5.11 Å². The van der Waals surface area contributed by atoms with Crippen molar-refractivity contribution in [2.24, 2.45) is 0 Å². The van der Waals surface area contributed by atoms with Crippen molar-refractivity contribution in [3.8, 4) is 0 Å². The third-order valence-electron chi connectivity index (χ3n) is 3.03. The minimum Gasteiger partial charge on any atom is -0.394 e. The van der Waals surface area contributed by atoms with Crippen LogP contribution in [-0.2, 0) is 9.59 Å². The maximum Gasteiger partial charge on any atom is 0.220 e. The topological polar surface area (TPSA) is 127 Å². The fourth-order valence-corrected chi connectivity index (χ4v) is 1.72. The second-order valence-corrected chi connectivity index (χ2v) is 4.77. The number of unbranched alkanes of at least 4 members (excludes halogenated alkanes) is 3. The van der Waals surface area contributed by atoms with Crippen molar-refractivity contribution in [2.75, 3.05) is 6.61 Å². The molecule has 0 aliphatic carbocycles. The minimum atomic E-state index is -1.71. The van der Waals surface area contributed by atoms with E-state index < -0.39 is 36.9 Å². The van der Waals surface area contributed by atoms with Crippen molar-refractivity contribution in [3.05, 3.63) is 0 Å². The van der Waals surface area contributed by atoms with Crippen LogP contribution in [0.25, 0.3) is 0 Å². The van der Waals surface area contributed by atoms with Crippen LogP contribution in [0.4, 0.5) is 0 Å². The average molecular weight is 291 g/mol. The van der Waals surface area contributed by atoms with Crippen LogP contribution >= 0.6 is 0 Å². The number of aliphatic hydroxyl groups excluding tert-OH is 4. The Morgan fingerprint density at radius 1 is 1.15 bits per heavy atom. The second-order valence-electron chi connectivity index (χ2n) is 4.77. The first kappa shape index (κ1) is 19.0. The number of hydrogen-bond acceptors (Lipinski definition) is 6. The number of aliphatic hydroxyl groups is 4. The van der Waals surface area contributed by atoms with Crippen LogP contribution in [0.2, 0.25) is 0 Å². The molecule has 0 fully saturated rings. The van der Waals surface area contributed by atoms with Crippen LogP contribution in [0.1, 0.15) is 39.0 Å². The molecule has 0 rings (SSSR count). The molecule has 0 saturated heterocycles. The molecule has 5 N–H and O–H groups in total. The van der Waals surface area contributed by atoms with Gasteiger partial charge in [0, 0.05) is 6.42 Å². The summed E-state index contributed by atoms with van der Waals surface area (Å²) in [4.78, 5) is 22.4. The van der Waals surface area contributed by atoms with Gasteiger partial charge in [0.05, 0.1) is 6.61 Å². The summed E-state index contributed by atoms with van der Waals surface area (Å²) in [5.41, 5.74) is 0. The molecule has 0 aromatic carbocycles. The summed E-state index contributed by atoms with van der Waals surface area (Å²) < 4.78 is 0. The molecule has 0 unspecified atom stereocenters. The molecule has 0 saturated carbocycles. The van der Waals surface area contributed by atoms with Gasteiger partial charge in [-0.1, -0.05) is 26.2 Å². The Labute approximate surface area is 118 Å². The summed E-state index contributed by atoms with van der Waals surface area (Å²) in [7, 11) is 0. The quantitative estimate of drug-likeness (QED) is 0.238. The third kappa shape index (κ3) is 6.95. The van der Waals surface area contributed by atoms with Crippen LogP contribution in [0, 0.1) is 0 Å². The molecule has 1 amide bonds. The molecule has 0 heterocycles. The lowest BCUT2D eigenvalue weighted by molar-refractivity contribution is -0.131. The van der Waals surface area contributed by atoms with Crippen molar-refractivity contribution in [3.63, 3.8) is 0 Å². The molecule has 0 aromatic heterocycles. The summed E-state index contributed by atoms with van der Waals surface area (Å²) in [6, 6.07) is -1.31. The van der Waals surface area contributed by atoms with E-state index in [-0.39, 0.29) is 6.42 Å². The van der Waals surface area contributed by atoms with E-state index in [9.17, 15) is 24.9 Å². The van der Waals surface area contributed by atoms with Gasteiger partial charge in [0.2, 0.25) is 5.91 Å². The molecule has 0 radical (unpaired) electrons. The highest BCUT2D eigenvalue weighted by Gasteiger charge is 2.31. The predicted molar refractivity (Wildman–Crippen MR) is 71.9 cm³/mol. The van der Waals surface area contributed by atoms with Gasteiger partial charge in [0.15, 0.2) is 0 Å². The van der Waals surface area contributed by atoms with Gasteiger partial charge in [0.25, 0.3) is 0 Å². The van der Waals surface area contributed by atoms with Crippen molar-refractivity contribution in [1.29, 1.82) is 0 Å². The summed E-state index contributed by atoms with van der Waals surface area (Å²) >= 11 is 0. The number of rotatable bonds is 11. The number of hydrogen-bond donors (Lipinski definition) is 5. The first-order chi connectivity index (χ1) is 9.47. The van der Waals surface area contributed by atoms with Crippen LogP contribution in [0.5, 0.6) is 0 Å². The van der Waals surface area contributed by atoms with Gasteiger partial charge in [-0.25, -0.2) is 0 Å². The van der Waals surface area contributed by atoms with Crippen molar-refractivity contribution in [2.45, 2.75) is 63.4 Å². The Morgan fingerprint density at radius 3 is 2.30 bits per heavy atom. The Hall–Kier alpha value is -1.02. The van der Waals surface area contributed by atoms with Crippen LogP contribution in [0.3, 0.4) is 0 Å². The SMILES string of the molecule is CCCCCCC(=O)N[C@@H](C=O)[C@@H](O)[C@H](O)[C@H](O)CO. The smallest absolute Gasteiger partial charge is 0.220 e. The molecule has 0 aromatic rings. The summed E-state index contributed by atoms with van der Waals surface area (Å²) in [5, 5.41) is 39.3. The number of amides is 1. The summed E-state index contributed by atoms with van der Waals surface area (Å²) in [5.74, 6) is -0.400. The van der Waals surface area contributed by atoms with Crippen LogP contribution in [-0.4, -0.2) is 63.6 Å². The fraction of sp³-hybridized carbons (Fsp3) is 0.846. The highest BCUT2D eigenvalue weighted by atomic mass is 16.4. The molecular formula is C13H25NO6. The van der Waals surface area contributed by atoms with Crippen molar-refractivity contribution < 1.29 is 30.0 Å². The Morgan fingerprint density at radius 2 is 1.80 bits per heavy atom. The molecule has 20 heavy (non-hydrogen) atoms. The largest absolute Gasteiger partial charge is 0.394 e. The number of aldehydes is 1. The van der Waals surface area contributed by atoms with E-state index in [1.54, 1.807) is 0 Å². The third-order valence-corrected chi connectivity index (χ3v) is 3.03. The zero-order valence-corrected chi connectivity index (χ0v) is 11.7. The van der Waals surface area contributed by atoms with Gasteiger partial charge in [-0.2, -0.15) is 0 Å². The zero-order valence-electron chi connectivity index (χ0n) is 11.7. The van der Waals surface area contributed by atoms with Crippen LogP contribution < -0.4 is 5.32 Å². The van der Waals surface area contributed by atoms with Gasteiger partial charge >= 0.3 is 0 Å². The Balaban J connectivity index is 4.25. The van der Waals surface area contributed by atoms with Gasteiger partial charge in [0.1, 0.15) is 30.6 Å². The van der Waals surface area contributed by atoms with E-state index in [0.717, 1.165) is 19.3 Å².